The fourth-order valence-corrected chi connectivity index (χ4v) is 2.08. The normalized spacial score (nSPS) is 20.4. The third-order valence-electron chi connectivity index (χ3n) is 3.30. The molecule has 6 nitrogen and oxygen atoms in total. The maximum Gasteiger partial charge on any atom is 0.236 e. The van der Waals surface area contributed by atoms with Crippen molar-refractivity contribution in [1.29, 1.82) is 0 Å². The smallest absolute Gasteiger partial charge is 0.236 e. The van der Waals surface area contributed by atoms with Gasteiger partial charge in [-0.25, -0.2) is 0 Å². The van der Waals surface area contributed by atoms with Crippen LogP contribution in [0.25, 0.3) is 0 Å². The molecule has 6 heteroatoms. The second-order valence-corrected chi connectivity index (χ2v) is 4.71. The molecule has 0 bridgehead atoms. The number of aliphatic hydroxyl groups excluding tert-OH is 1. The Balaban J connectivity index is 1.85. The number of morpholine rings is 1. The number of nitrogens with zero attached hydrogens (tertiary/aromatic N) is 2. The lowest BCUT2D eigenvalue weighted by atomic mass is 10.2. The summed E-state index contributed by atoms with van der Waals surface area (Å²) in [6.45, 7) is 2.52. The zero-order valence-corrected chi connectivity index (χ0v) is 11.1. The zero-order valence-electron chi connectivity index (χ0n) is 11.1. The fraction of sp³-hybridized carbons (Fsp3) is 0.615. The van der Waals surface area contributed by atoms with E-state index in [0.717, 1.165) is 5.76 Å². The van der Waals surface area contributed by atoms with Crippen LogP contribution in [-0.4, -0.2) is 66.8 Å². The van der Waals surface area contributed by atoms with Gasteiger partial charge in [-0.2, -0.15) is 0 Å². The van der Waals surface area contributed by atoms with Crippen LogP contribution in [0, 0.1) is 0 Å². The van der Waals surface area contributed by atoms with Crippen LogP contribution in [0.1, 0.15) is 5.76 Å². The maximum absolute atomic E-state index is 12.1. The molecule has 0 saturated carbocycles. The first-order chi connectivity index (χ1) is 9.20. The molecule has 0 aliphatic carbocycles. The SMILES string of the molecule is CN(Cc1ccco1)C(=O)CN1CCOCC1CO. The first-order valence-electron chi connectivity index (χ1n) is 6.39. The fourth-order valence-electron chi connectivity index (χ4n) is 2.08. The summed E-state index contributed by atoms with van der Waals surface area (Å²) in [4.78, 5) is 15.7. The first-order valence-corrected chi connectivity index (χ1v) is 6.39. The van der Waals surface area contributed by atoms with E-state index in [2.05, 4.69) is 0 Å². The molecule has 1 aromatic rings. The van der Waals surface area contributed by atoms with Crippen LogP contribution in [0.4, 0.5) is 0 Å². The third kappa shape index (κ3) is 3.79. The summed E-state index contributed by atoms with van der Waals surface area (Å²) in [7, 11) is 1.75. The second-order valence-electron chi connectivity index (χ2n) is 4.71. The van der Waals surface area contributed by atoms with Crippen molar-refractivity contribution in [1.82, 2.24) is 9.80 Å². The Hall–Kier alpha value is -1.37. The van der Waals surface area contributed by atoms with E-state index in [1.54, 1.807) is 24.3 Å². The van der Waals surface area contributed by atoms with Crippen molar-refractivity contribution >= 4 is 5.91 Å². The predicted octanol–water partition coefficient (Wildman–Crippen LogP) is -0.0689. The lowest BCUT2D eigenvalue weighted by molar-refractivity contribution is -0.134. The van der Waals surface area contributed by atoms with Gasteiger partial charge in [-0.3, -0.25) is 9.69 Å². The number of carbonyl (C=O) groups is 1. The van der Waals surface area contributed by atoms with Crippen LogP contribution in [0.2, 0.25) is 0 Å². The molecule has 0 spiro atoms. The number of carbonyl (C=O) groups excluding carboxylic acids is 1. The Bertz CT molecular complexity index is 393. The highest BCUT2D eigenvalue weighted by atomic mass is 16.5. The molecule has 1 unspecified atom stereocenters. The summed E-state index contributed by atoms with van der Waals surface area (Å²) in [5, 5.41) is 9.26. The predicted molar refractivity (Wildman–Crippen MR) is 68.4 cm³/mol. The van der Waals surface area contributed by atoms with Crippen LogP contribution in [0.15, 0.2) is 22.8 Å². The van der Waals surface area contributed by atoms with Crippen molar-refractivity contribution in [2.24, 2.45) is 0 Å². The van der Waals surface area contributed by atoms with Crippen LogP contribution >= 0.6 is 0 Å². The zero-order chi connectivity index (χ0) is 13.7. The van der Waals surface area contributed by atoms with Crippen molar-refractivity contribution in [3.05, 3.63) is 24.2 Å². The summed E-state index contributed by atoms with van der Waals surface area (Å²) in [6, 6.07) is 3.56. The van der Waals surface area contributed by atoms with E-state index >= 15 is 0 Å². The minimum absolute atomic E-state index is 0.00911. The molecular weight excluding hydrogens is 248 g/mol. The summed E-state index contributed by atoms with van der Waals surface area (Å²) >= 11 is 0. The van der Waals surface area contributed by atoms with Gasteiger partial charge in [-0.1, -0.05) is 0 Å². The largest absolute Gasteiger partial charge is 0.467 e. The number of aliphatic hydroxyl groups is 1. The average Bonchev–Trinajstić information content (AvgIpc) is 2.92. The molecular formula is C13H20N2O4. The van der Waals surface area contributed by atoms with Crippen molar-refractivity contribution in [3.8, 4) is 0 Å². The standard InChI is InChI=1S/C13H20N2O4/c1-14(7-12-3-2-5-19-12)13(17)8-15-4-6-18-10-11(15)9-16/h2-3,5,11,16H,4,6-10H2,1H3. The molecule has 1 N–H and O–H groups in total. The summed E-state index contributed by atoms with van der Waals surface area (Å²) < 4.78 is 10.5. The van der Waals surface area contributed by atoms with E-state index in [1.807, 2.05) is 11.0 Å². The first kappa shape index (κ1) is 14.0. The lowest BCUT2D eigenvalue weighted by Gasteiger charge is -2.34. The van der Waals surface area contributed by atoms with Gasteiger partial charge in [0.05, 0.1) is 45.2 Å². The number of hydrogen-bond donors (Lipinski definition) is 1. The number of rotatable bonds is 5. The lowest BCUT2D eigenvalue weighted by Crippen LogP contribution is -2.51. The molecule has 0 radical (unpaired) electrons. The van der Waals surface area contributed by atoms with E-state index in [4.69, 9.17) is 9.15 Å². The average molecular weight is 268 g/mol. The highest BCUT2D eigenvalue weighted by Crippen LogP contribution is 2.08. The molecule has 0 aromatic carbocycles. The van der Waals surface area contributed by atoms with E-state index in [1.165, 1.54) is 0 Å². The monoisotopic (exact) mass is 268 g/mol. The van der Waals surface area contributed by atoms with Gasteiger partial charge >= 0.3 is 0 Å². The van der Waals surface area contributed by atoms with Crippen molar-refractivity contribution in [2.45, 2.75) is 12.6 Å². The van der Waals surface area contributed by atoms with Gasteiger partial charge in [-0.05, 0) is 12.1 Å². The number of amides is 1. The minimum Gasteiger partial charge on any atom is -0.467 e. The van der Waals surface area contributed by atoms with Gasteiger partial charge in [0.1, 0.15) is 5.76 Å². The van der Waals surface area contributed by atoms with Crippen molar-refractivity contribution in [3.63, 3.8) is 0 Å². The Labute approximate surface area is 112 Å². The number of likely N-dealkylation sites (N-methyl/N-ethyl adjacent to an activating group) is 1. The Kier molecular flexibility index (Phi) is 4.95. The molecule has 2 rings (SSSR count). The van der Waals surface area contributed by atoms with E-state index < -0.39 is 0 Å². The van der Waals surface area contributed by atoms with Crippen LogP contribution < -0.4 is 0 Å². The molecule has 1 aliphatic heterocycles. The Morgan fingerprint density at radius 3 is 3.16 bits per heavy atom. The minimum atomic E-state index is -0.0882. The van der Waals surface area contributed by atoms with Crippen molar-refractivity contribution < 1.29 is 19.1 Å². The third-order valence-corrected chi connectivity index (χ3v) is 3.30. The Morgan fingerprint density at radius 2 is 2.47 bits per heavy atom. The van der Waals surface area contributed by atoms with Crippen LogP contribution in [0.5, 0.6) is 0 Å². The molecule has 2 heterocycles. The van der Waals surface area contributed by atoms with Crippen LogP contribution in [-0.2, 0) is 16.1 Å². The molecule has 106 valence electrons. The summed E-state index contributed by atoms with van der Waals surface area (Å²) in [5.74, 6) is 0.772. The number of furan rings is 1. The van der Waals surface area contributed by atoms with Gasteiger partial charge < -0.3 is 19.2 Å². The number of ether oxygens (including phenoxy) is 1. The Morgan fingerprint density at radius 1 is 1.63 bits per heavy atom. The van der Waals surface area contributed by atoms with Crippen molar-refractivity contribution in [2.75, 3.05) is 40.0 Å². The topological polar surface area (TPSA) is 66.2 Å². The van der Waals surface area contributed by atoms with E-state index in [-0.39, 0.29) is 18.6 Å². The molecule has 1 amide bonds. The van der Waals surface area contributed by atoms with Gasteiger partial charge in [0.25, 0.3) is 0 Å². The quantitative estimate of drug-likeness (QED) is 0.810. The van der Waals surface area contributed by atoms with E-state index in [0.29, 0.717) is 32.8 Å². The molecule has 1 aliphatic rings. The van der Waals surface area contributed by atoms with Gasteiger partial charge in [0.15, 0.2) is 0 Å². The molecule has 1 saturated heterocycles. The summed E-state index contributed by atoms with van der Waals surface area (Å²) in [6.07, 6.45) is 1.59. The second kappa shape index (κ2) is 6.70. The summed E-state index contributed by atoms with van der Waals surface area (Å²) in [5.41, 5.74) is 0. The van der Waals surface area contributed by atoms with Gasteiger partial charge in [0, 0.05) is 13.6 Å². The van der Waals surface area contributed by atoms with Gasteiger partial charge in [-0.15, -0.1) is 0 Å². The molecule has 19 heavy (non-hydrogen) atoms. The number of hydrogen-bond acceptors (Lipinski definition) is 5. The highest BCUT2D eigenvalue weighted by molar-refractivity contribution is 5.78. The maximum atomic E-state index is 12.1. The van der Waals surface area contributed by atoms with Crippen LogP contribution in [0.3, 0.4) is 0 Å². The molecule has 1 atom stereocenters. The van der Waals surface area contributed by atoms with Gasteiger partial charge in [0.2, 0.25) is 5.91 Å². The molecule has 1 aromatic heterocycles. The van der Waals surface area contributed by atoms with E-state index in [9.17, 15) is 9.90 Å². The molecule has 1 fully saturated rings. The highest BCUT2D eigenvalue weighted by Gasteiger charge is 2.25.